The second-order valence-electron chi connectivity index (χ2n) is 11.0. The van der Waals surface area contributed by atoms with Gasteiger partial charge < -0.3 is 14.6 Å². The second kappa shape index (κ2) is 14.3. The molecule has 40 heavy (non-hydrogen) atoms. The van der Waals surface area contributed by atoms with Gasteiger partial charge in [-0.15, -0.1) is 5.10 Å². The maximum absolute atomic E-state index is 13.4. The molecule has 0 radical (unpaired) electrons. The van der Waals surface area contributed by atoms with E-state index in [0.29, 0.717) is 59.6 Å². The molecule has 3 aromatic rings. The fourth-order valence-electron chi connectivity index (χ4n) is 4.90. The van der Waals surface area contributed by atoms with Crippen LogP contribution in [-0.2, 0) is 17.7 Å². The van der Waals surface area contributed by atoms with Gasteiger partial charge in [-0.25, -0.2) is 9.50 Å². The summed E-state index contributed by atoms with van der Waals surface area (Å²) < 4.78 is 30.4. The van der Waals surface area contributed by atoms with Crippen molar-refractivity contribution < 1.29 is 13.5 Å². The molecule has 0 spiro atoms. The number of hydrogen-bond donors (Lipinski definition) is 2. The highest BCUT2D eigenvalue weighted by Crippen LogP contribution is 2.35. The van der Waals surface area contributed by atoms with Crippen LogP contribution >= 0.6 is 0 Å². The summed E-state index contributed by atoms with van der Waals surface area (Å²) in [5.74, 6) is 2.13. The summed E-state index contributed by atoms with van der Waals surface area (Å²) >= 11 is -2.19. The van der Waals surface area contributed by atoms with Crippen LogP contribution in [0.3, 0.4) is 0 Å². The van der Waals surface area contributed by atoms with Crippen molar-refractivity contribution in [2.24, 2.45) is 5.92 Å². The van der Waals surface area contributed by atoms with E-state index in [1.165, 1.54) is 19.3 Å². The van der Waals surface area contributed by atoms with Gasteiger partial charge in [0.2, 0.25) is 0 Å². The van der Waals surface area contributed by atoms with Crippen molar-refractivity contribution in [3.05, 3.63) is 40.1 Å². The van der Waals surface area contributed by atoms with Crippen molar-refractivity contribution in [2.75, 3.05) is 40.8 Å². The summed E-state index contributed by atoms with van der Waals surface area (Å²) in [6.45, 7) is 9.79. The Hall–Kier alpha value is -2.60. The molecule has 0 aliphatic rings. The van der Waals surface area contributed by atoms with Gasteiger partial charge in [-0.2, -0.15) is 8.10 Å². The van der Waals surface area contributed by atoms with Crippen LogP contribution in [0.2, 0.25) is 0 Å². The van der Waals surface area contributed by atoms with Crippen LogP contribution in [0.1, 0.15) is 70.8 Å². The number of aromatic amines is 1. The van der Waals surface area contributed by atoms with Gasteiger partial charge >= 0.3 is 11.3 Å². The van der Waals surface area contributed by atoms with E-state index in [0.717, 1.165) is 31.5 Å². The molecule has 3 atom stereocenters. The second-order valence-corrected chi connectivity index (χ2v) is 12.3. The molecular weight excluding hydrogens is 528 g/mol. The largest absolute Gasteiger partial charge is 0.493 e. The van der Waals surface area contributed by atoms with Gasteiger partial charge in [-0.3, -0.25) is 9.35 Å². The maximum Gasteiger partial charge on any atom is 0.363 e. The molecule has 0 aliphatic heterocycles. The number of likely N-dealkylation sites (N-methyl/N-ethyl adjacent to an activating group) is 2. The molecule has 2 aromatic heterocycles. The number of rotatable bonds is 16. The van der Waals surface area contributed by atoms with Crippen LogP contribution < -0.4 is 14.2 Å². The summed E-state index contributed by atoms with van der Waals surface area (Å²) in [5, 5.41) is 4.89. The number of fused-ring (bicyclic) bond motifs is 1. The SMILES string of the molecule is CCCCCC(CC)Cc1nc(C)c2c(=O)[nH]c(-c3cc([N+](C)(CCN(C)C)S(=O)O)ccc3OCCC)nn12. The number of ether oxygens (including phenoxy) is 1. The van der Waals surface area contributed by atoms with Crippen molar-refractivity contribution in [1.82, 2.24) is 28.4 Å². The normalized spacial score (nSPS) is 14.9. The highest BCUT2D eigenvalue weighted by molar-refractivity contribution is 7.78. The summed E-state index contributed by atoms with van der Waals surface area (Å²) in [6.07, 6.45) is 7.27. The van der Waals surface area contributed by atoms with Crippen molar-refractivity contribution in [2.45, 2.75) is 72.6 Å². The Morgan fingerprint density at radius 2 is 1.95 bits per heavy atom. The molecule has 0 amide bonds. The lowest BCUT2D eigenvalue weighted by Gasteiger charge is -2.30. The number of quaternary nitrogens is 1. The number of benzene rings is 1. The zero-order valence-corrected chi connectivity index (χ0v) is 26.0. The fourth-order valence-corrected chi connectivity index (χ4v) is 5.44. The first kappa shape index (κ1) is 31.9. The summed E-state index contributed by atoms with van der Waals surface area (Å²) in [5.41, 5.74) is 2.00. The average Bonchev–Trinajstić information content (AvgIpc) is 3.24. The van der Waals surface area contributed by atoms with Crippen molar-refractivity contribution >= 4 is 22.5 Å². The number of imidazole rings is 1. The first-order chi connectivity index (χ1) is 19.0. The summed E-state index contributed by atoms with van der Waals surface area (Å²) in [7, 11) is 5.59. The third-order valence-electron chi connectivity index (χ3n) is 7.55. The Bertz CT molecular complexity index is 1350. The first-order valence-corrected chi connectivity index (χ1v) is 15.5. The van der Waals surface area contributed by atoms with E-state index >= 15 is 0 Å². The van der Waals surface area contributed by atoms with Gasteiger partial charge in [-0.1, -0.05) is 52.9 Å². The summed E-state index contributed by atoms with van der Waals surface area (Å²) in [6, 6.07) is 5.41. The summed E-state index contributed by atoms with van der Waals surface area (Å²) in [4.78, 5) is 23.1. The molecule has 0 bridgehead atoms. The molecule has 11 heteroatoms. The van der Waals surface area contributed by atoms with E-state index in [2.05, 4.69) is 18.8 Å². The molecule has 2 heterocycles. The molecule has 3 unspecified atom stereocenters. The highest BCUT2D eigenvalue weighted by Gasteiger charge is 2.34. The van der Waals surface area contributed by atoms with Crippen LogP contribution in [0.25, 0.3) is 16.9 Å². The number of aromatic nitrogens is 4. The Kier molecular flexibility index (Phi) is 11.4. The van der Waals surface area contributed by atoms with Crippen LogP contribution in [0.5, 0.6) is 5.75 Å². The molecule has 0 fully saturated rings. The van der Waals surface area contributed by atoms with Gasteiger partial charge in [0, 0.05) is 25.1 Å². The Labute approximate surface area is 240 Å². The molecule has 2 N–H and O–H groups in total. The number of nitrogens with zero attached hydrogens (tertiary/aromatic N) is 5. The lowest BCUT2D eigenvalue weighted by Crippen LogP contribution is -2.50. The van der Waals surface area contributed by atoms with E-state index in [9.17, 15) is 13.6 Å². The van der Waals surface area contributed by atoms with E-state index in [1.807, 2.05) is 45.0 Å². The topological polar surface area (TPSA) is 113 Å². The van der Waals surface area contributed by atoms with E-state index in [1.54, 1.807) is 17.6 Å². The predicted molar refractivity (Wildman–Crippen MR) is 163 cm³/mol. The lowest BCUT2D eigenvalue weighted by atomic mass is 9.95. The Morgan fingerprint density at radius 3 is 2.58 bits per heavy atom. The van der Waals surface area contributed by atoms with Gasteiger partial charge in [0.05, 0.1) is 24.9 Å². The third-order valence-corrected chi connectivity index (χ3v) is 8.63. The number of nitrogens with one attached hydrogen (secondary N) is 1. The zero-order chi connectivity index (χ0) is 29.4. The predicted octanol–water partition coefficient (Wildman–Crippen LogP) is 4.97. The van der Waals surface area contributed by atoms with Crippen LogP contribution in [0.15, 0.2) is 23.0 Å². The first-order valence-electron chi connectivity index (χ1n) is 14.4. The van der Waals surface area contributed by atoms with Gasteiger partial charge in [-0.05, 0) is 39.4 Å². The lowest BCUT2D eigenvalue weighted by molar-refractivity contribution is 0.318. The van der Waals surface area contributed by atoms with Crippen molar-refractivity contribution in [3.63, 3.8) is 0 Å². The number of unbranched alkanes of at least 4 members (excludes halogenated alkanes) is 2. The van der Waals surface area contributed by atoms with Crippen LogP contribution in [-0.4, -0.2) is 74.1 Å². The molecule has 1 aromatic carbocycles. The van der Waals surface area contributed by atoms with Gasteiger partial charge in [0.1, 0.15) is 23.8 Å². The average molecular weight is 576 g/mol. The van der Waals surface area contributed by atoms with Gasteiger partial charge in [0.15, 0.2) is 11.3 Å². The van der Waals surface area contributed by atoms with Gasteiger partial charge in [0.25, 0.3) is 5.56 Å². The number of H-pyrrole nitrogens is 1. The van der Waals surface area contributed by atoms with E-state index in [4.69, 9.17) is 14.8 Å². The molecule has 0 saturated heterocycles. The van der Waals surface area contributed by atoms with Crippen LogP contribution in [0.4, 0.5) is 5.69 Å². The molecule has 0 saturated carbocycles. The fraction of sp³-hybridized carbons (Fsp3) is 0.621. The molecule has 0 aliphatic carbocycles. The highest BCUT2D eigenvalue weighted by atomic mass is 32.2. The minimum absolute atomic E-state index is 0.211. The molecule has 222 valence electrons. The quantitative estimate of drug-likeness (QED) is 0.141. The van der Waals surface area contributed by atoms with Crippen molar-refractivity contribution in [3.8, 4) is 17.1 Å². The van der Waals surface area contributed by atoms with E-state index in [-0.39, 0.29) is 9.45 Å². The maximum atomic E-state index is 13.4. The molecule has 3 rings (SSSR count). The molecular formula is C29H47N6O4S+. The molecule has 10 nitrogen and oxygen atoms in total. The Balaban J connectivity index is 2.15. The smallest absolute Gasteiger partial charge is 0.363 e. The third kappa shape index (κ3) is 7.37. The van der Waals surface area contributed by atoms with E-state index < -0.39 is 11.3 Å². The minimum atomic E-state index is -2.19. The minimum Gasteiger partial charge on any atom is -0.493 e. The monoisotopic (exact) mass is 575 g/mol. The number of hydrogen-bond acceptors (Lipinski definition) is 6. The number of aryl methyl sites for hydroxylation is 1. The zero-order valence-electron chi connectivity index (χ0n) is 25.2. The van der Waals surface area contributed by atoms with Crippen LogP contribution in [0, 0.1) is 12.8 Å². The standard InChI is InChI=1S/C29H46N6O4S/c1-8-11-12-13-22(10-3)19-26-30-21(4)27-29(36)31-28(32-34(26)27)24-20-23(14-15-25(24)39-18-9-2)35(7,40(37)38)17-16-33(5)6/h14-15,20,22H,8-13,16-19H2,1-7H3,(H-,31,32,36,37,38)/p+1. The Morgan fingerprint density at radius 1 is 1.20 bits per heavy atom. The van der Waals surface area contributed by atoms with Crippen molar-refractivity contribution in [1.29, 1.82) is 0 Å².